The molecule has 2 N–H and O–H groups in total. The Morgan fingerprint density at radius 2 is 2.04 bits per heavy atom. The SMILES string of the molecule is CN(Cc1ccccc1)c1ncccc1CNC(=O)C1CCCNCC1. The van der Waals surface area contributed by atoms with E-state index in [1.165, 1.54) is 5.56 Å². The minimum Gasteiger partial charge on any atom is -0.355 e. The summed E-state index contributed by atoms with van der Waals surface area (Å²) in [6.07, 6.45) is 4.75. The van der Waals surface area contributed by atoms with Crippen LogP contribution >= 0.6 is 0 Å². The number of anilines is 1. The maximum absolute atomic E-state index is 12.5. The molecule has 5 nitrogen and oxygen atoms in total. The summed E-state index contributed by atoms with van der Waals surface area (Å²) in [4.78, 5) is 19.2. The van der Waals surface area contributed by atoms with Gasteiger partial charge in [0.25, 0.3) is 0 Å². The number of nitrogens with one attached hydrogen (secondary N) is 2. The van der Waals surface area contributed by atoms with E-state index in [2.05, 4.69) is 32.7 Å². The summed E-state index contributed by atoms with van der Waals surface area (Å²) in [7, 11) is 2.04. The molecule has 0 spiro atoms. The second-order valence-corrected chi connectivity index (χ2v) is 6.92. The van der Waals surface area contributed by atoms with Crippen molar-refractivity contribution in [1.29, 1.82) is 0 Å². The number of benzene rings is 1. The number of hydrogen-bond donors (Lipinski definition) is 2. The number of hydrogen-bond acceptors (Lipinski definition) is 4. The van der Waals surface area contributed by atoms with Crippen LogP contribution in [0.2, 0.25) is 0 Å². The molecule has 1 aliphatic heterocycles. The average molecular weight is 352 g/mol. The van der Waals surface area contributed by atoms with E-state index in [-0.39, 0.29) is 11.8 Å². The molecule has 2 aromatic rings. The fourth-order valence-corrected chi connectivity index (χ4v) is 3.45. The lowest BCUT2D eigenvalue weighted by atomic mass is 10.00. The molecule has 0 saturated carbocycles. The van der Waals surface area contributed by atoms with Crippen molar-refractivity contribution in [1.82, 2.24) is 15.6 Å². The molecule has 0 radical (unpaired) electrons. The summed E-state index contributed by atoms with van der Waals surface area (Å²) in [6.45, 7) is 3.25. The molecular weight excluding hydrogens is 324 g/mol. The van der Waals surface area contributed by atoms with E-state index in [9.17, 15) is 4.79 Å². The summed E-state index contributed by atoms with van der Waals surface area (Å²) < 4.78 is 0. The minimum atomic E-state index is 0.118. The first-order chi connectivity index (χ1) is 12.7. The van der Waals surface area contributed by atoms with Crippen molar-refractivity contribution in [3.05, 3.63) is 59.8 Å². The van der Waals surface area contributed by atoms with Crippen molar-refractivity contribution in [3.63, 3.8) is 0 Å². The van der Waals surface area contributed by atoms with Gasteiger partial charge < -0.3 is 15.5 Å². The molecule has 1 saturated heterocycles. The van der Waals surface area contributed by atoms with Crippen molar-refractivity contribution in [2.75, 3.05) is 25.0 Å². The molecule has 0 bridgehead atoms. The van der Waals surface area contributed by atoms with E-state index in [1.54, 1.807) is 6.20 Å². The summed E-state index contributed by atoms with van der Waals surface area (Å²) in [6, 6.07) is 14.3. The van der Waals surface area contributed by atoms with E-state index < -0.39 is 0 Å². The fourth-order valence-electron chi connectivity index (χ4n) is 3.45. The molecule has 1 aromatic carbocycles. The van der Waals surface area contributed by atoms with E-state index >= 15 is 0 Å². The first-order valence-corrected chi connectivity index (χ1v) is 9.41. The maximum Gasteiger partial charge on any atom is 0.223 e. The Morgan fingerprint density at radius 1 is 1.19 bits per heavy atom. The third-order valence-electron chi connectivity index (χ3n) is 4.89. The molecule has 1 amide bonds. The Labute approximate surface area is 155 Å². The number of aromatic nitrogens is 1. The molecule has 26 heavy (non-hydrogen) atoms. The van der Waals surface area contributed by atoms with Crippen molar-refractivity contribution < 1.29 is 4.79 Å². The van der Waals surface area contributed by atoms with Crippen LogP contribution in [0.4, 0.5) is 5.82 Å². The zero-order valence-corrected chi connectivity index (χ0v) is 15.4. The van der Waals surface area contributed by atoms with Crippen molar-refractivity contribution in [3.8, 4) is 0 Å². The van der Waals surface area contributed by atoms with E-state index in [4.69, 9.17) is 0 Å². The van der Waals surface area contributed by atoms with E-state index in [1.807, 2.05) is 37.4 Å². The quantitative estimate of drug-likeness (QED) is 0.839. The summed E-state index contributed by atoms with van der Waals surface area (Å²) in [5.74, 6) is 1.19. The third kappa shape index (κ3) is 5.05. The normalized spacial score (nSPS) is 17.3. The highest BCUT2D eigenvalue weighted by Crippen LogP contribution is 2.19. The van der Waals surface area contributed by atoms with Crippen LogP contribution in [-0.4, -0.2) is 31.0 Å². The lowest BCUT2D eigenvalue weighted by Crippen LogP contribution is -2.31. The Hall–Kier alpha value is -2.40. The fraction of sp³-hybridized carbons (Fsp3) is 0.429. The number of pyridine rings is 1. The summed E-state index contributed by atoms with van der Waals surface area (Å²) in [5.41, 5.74) is 2.28. The van der Waals surface area contributed by atoms with Gasteiger partial charge in [0.1, 0.15) is 5.82 Å². The maximum atomic E-state index is 12.5. The molecule has 1 unspecified atom stereocenters. The number of nitrogens with zero attached hydrogens (tertiary/aromatic N) is 2. The number of amides is 1. The van der Waals surface area contributed by atoms with Crippen LogP contribution < -0.4 is 15.5 Å². The van der Waals surface area contributed by atoms with Crippen LogP contribution in [0.5, 0.6) is 0 Å². The standard InChI is InChI=1S/C21H28N4O/c1-25(16-17-7-3-2-4-8-17)20-19(10-6-13-23-20)15-24-21(26)18-9-5-12-22-14-11-18/h2-4,6-8,10,13,18,22H,5,9,11-12,14-16H2,1H3,(H,24,26). The zero-order chi connectivity index (χ0) is 18.2. The number of rotatable bonds is 6. The van der Waals surface area contributed by atoms with Gasteiger partial charge in [0.2, 0.25) is 5.91 Å². The summed E-state index contributed by atoms with van der Waals surface area (Å²) in [5, 5.41) is 6.48. The van der Waals surface area contributed by atoms with Gasteiger partial charge in [-0.25, -0.2) is 4.98 Å². The first-order valence-electron chi connectivity index (χ1n) is 9.41. The van der Waals surface area contributed by atoms with Crippen LogP contribution in [0.15, 0.2) is 48.7 Å². The van der Waals surface area contributed by atoms with Crippen molar-refractivity contribution in [2.45, 2.75) is 32.4 Å². The first kappa shape index (κ1) is 18.4. The molecule has 3 rings (SSSR count). The molecule has 1 atom stereocenters. The number of carbonyl (C=O) groups is 1. The predicted octanol–water partition coefficient (Wildman–Crippen LogP) is 2.72. The van der Waals surface area contributed by atoms with Gasteiger partial charge in [-0.2, -0.15) is 0 Å². The Morgan fingerprint density at radius 3 is 2.88 bits per heavy atom. The van der Waals surface area contributed by atoms with Gasteiger partial charge in [-0.3, -0.25) is 4.79 Å². The van der Waals surface area contributed by atoms with Crippen LogP contribution in [0, 0.1) is 5.92 Å². The molecule has 1 aromatic heterocycles. The molecule has 0 aliphatic carbocycles. The highest BCUT2D eigenvalue weighted by molar-refractivity contribution is 5.78. The smallest absolute Gasteiger partial charge is 0.223 e. The van der Waals surface area contributed by atoms with Gasteiger partial charge in [0, 0.05) is 37.8 Å². The van der Waals surface area contributed by atoms with Crippen molar-refractivity contribution in [2.24, 2.45) is 5.92 Å². The van der Waals surface area contributed by atoms with Gasteiger partial charge in [-0.05, 0) is 44.0 Å². The Balaban J connectivity index is 1.62. The highest BCUT2D eigenvalue weighted by atomic mass is 16.1. The van der Waals surface area contributed by atoms with E-state index in [0.717, 1.165) is 50.3 Å². The Kier molecular flexibility index (Phi) is 6.61. The van der Waals surface area contributed by atoms with Crippen LogP contribution in [0.1, 0.15) is 30.4 Å². The monoisotopic (exact) mass is 352 g/mol. The van der Waals surface area contributed by atoms with Crippen LogP contribution in [-0.2, 0) is 17.9 Å². The Bertz CT molecular complexity index is 696. The molecular formula is C21H28N4O. The molecule has 1 aliphatic rings. The predicted molar refractivity (Wildman–Crippen MR) is 105 cm³/mol. The van der Waals surface area contributed by atoms with Gasteiger partial charge >= 0.3 is 0 Å². The second-order valence-electron chi connectivity index (χ2n) is 6.92. The van der Waals surface area contributed by atoms with Gasteiger partial charge in [0.15, 0.2) is 0 Å². The van der Waals surface area contributed by atoms with Gasteiger partial charge in [-0.15, -0.1) is 0 Å². The largest absolute Gasteiger partial charge is 0.355 e. The minimum absolute atomic E-state index is 0.118. The van der Waals surface area contributed by atoms with Crippen LogP contribution in [0.3, 0.4) is 0 Å². The van der Waals surface area contributed by atoms with Gasteiger partial charge in [-0.1, -0.05) is 36.4 Å². The van der Waals surface area contributed by atoms with E-state index in [0.29, 0.717) is 6.54 Å². The molecule has 1 fully saturated rings. The summed E-state index contributed by atoms with van der Waals surface area (Å²) >= 11 is 0. The number of carbonyl (C=O) groups excluding carboxylic acids is 1. The van der Waals surface area contributed by atoms with Gasteiger partial charge in [0.05, 0.1) is 0 Å². The molecule has 2 heterocycles. The topological polar surface area (TPSA) is 57.3 Å². The third-order valence-corrected chi connectivity index (χ3v) is 4.89. The average Bonchev–Trinajstić information content (AvgIpc) is 2.97. The highest BCUT2D eigenvalue weighted by Gasteiger charge is 2.20. The van der Waals surface area contributed by atoms with Crippen LogP contribution in [0.25, 0.3) is 0 Å². The zero-order valence-electron chi connectivity index (χ0n) is 15.4. The molecule has 138 valence electrons. The van der Waals surface area contributed by atoms with Crippen molar-refractivity contribution >= 4 is 11.7 Å². The lowest BCUT2D eigenvalue weighted by molar-refractivity contribution is -0.125. The second kappa shape index (κ2) is 9.34. The molecule has 5 heteroatoms. The lowest BCUT2D eigenvalue weighted by Gasteiger charge is -2.22.